The van der Waals surface area contributed by atoms with E-state index in [1.807, 2.05) is 59.2 Å². The number of fused-ring (bicyclic) bond motifs is 4. The number of carbonyl (C=O) groups excluding carboxylic acids is 2. The molecule has 2 aromatic carbocycles. The Bertz CT molecular complexity index is 1250. The molecular weight excluding hydrogens is 456 g/mol. The molecule has 5 rings (SSSR count). The van der Waals surface area contributed by atoms with E-state index in [0.717, 1.165) is 47.2 Å². The van der Waals surface area contributed by atoms with Gasteiger partial charge in [-0.05, 0) is 49.1 Å². The number of rotatable bonds is 5. The average Bonchev–Trinajstić information content (AvgIpc) is 3.31. The van der Waals surface area contributed by atoms with Crippen LogP contribution >= 0.6 is 0 Å². The predicted octanol–water partition coefficient (Wildman–Crippen LogP) is 3.82. The Labute approximate surface area is 211 Å². The van der Waals surface area contributed by atoms with Crippen molar-refractivity contribution >= 4 is 22.8 Å². The first kappa shape index (κ1) is 24.2. The molecular formula is C28H34N4O4. The standard InChI is InChI=1S/C28H34N4O4/c1-3-13-29-27(35)31-14-11-28(12-15-31)18-32(26(34)19-7-5-4-6-8-19)23(17-33)25-24(28)21-10-9-20(36-2)16-22(21)30-25/h4-10,16,23,30,33H,3,11-15,17-18H2,1-2H3,(H,29,35)/t23-/m1/s1. The molecule has 1 aromatic heterocycles. The van der Waals surface area contributed by atoms with Gasteiger partial charge in [0, 0.05) is 59.8 Å². The Balaban J connectivity index is 1.57. The zero-order chi connectivity index (χ0) is 25.3. The molecule has 2 aliphatic heterocycles. The topological polar surface area (TPSA) is 97.9 Å². The van der Waals surface area contributed by atoms with Gasteiger partial charge < -0.3 is 29.9 Å². The number of H-pyrrole nitrogens is 1. The molecule has 3 heterocycles. The molecule has 190 valence electrons. The van der Waals surface area contributed by atoms with Crippen LogP contribution in [-0.4, -0.2) is 71.7 Å². The highest BCUT2D eigenvalue weighted by Gasteiger charge is 2.49. The predicted molar refractivity (Wildman–Crippen MR) is 138 cm³/mol. The van der Waals surface area contributed by atoms with Crippen LogP contribution in [0.15, 0.2) is 48.5 Å². The lowest BCUT2D eigenvalue weighted by atomic mass is 9.68. The van der Waals surface area contributed by atoms with E-state index in [1.165, 1.54) is 0 Å². The number of urea groups is 1. The van der Waals surface area contributed by atoms with Crippen molar-refractivity contribution in [2.45, 2.75) is 37.6 Å². The van der Waals surface area contributed by atoms with Gasteiger partial charge in [-0.2, -0.15) is 0 Å². The first-order valence-electron chi connectivity index (χ1n) is 12.7. The largest absolute Gasteiger partial charge is 0.497 e. The van der Waals surface area contributed by atoms with Crippen LogP contribution in [0.2, 0.25) is 0 Å². The number of piperidine rings is 1. The van der Waals surface area contributed by atoms with Gasteiger partial charge in [-0.3, -0.25) is 4.79 Å². The highest BCUT2D eigenvalue weighted by molar-refractivity contribution is 5.96. The molecule has 0 radical (unpaired) electrons. The van der Waals surface area contributed by atoms with E-state index in [2.05, 4.69) is 16.4 Å². The Hall–Kier alpha value is -3.52. The summed E-state index contributed by atoms with van der Waals surface area (Å²) in [5.74, 6) is 0.648. The molecule has 3 amide bonds. The van der Waals surface area contributed by atoms with Gasteiger partial charge in [-0.15, -0.1) is 0 Å². The van der Waals surface area contributed by atoms with Crippen LogP contribution in [0.25, 0.3) is 10.9 Å². The highest BCUT2D eigenvalue weighted by atomic mass is 16.5. The molecule has 1 fully saturated rings. The first-order valence-corrected chi connectivity index (χ1v) is 12.7. The van der Waals surface area contributed by atoms with Crippen molar-refractivity contribution < 1.29 is 19.4 Å². The molecule has 0 aliphatic carbocycles. The normalized spacial score (nSPS) is 18.8. The van der Waals surface area contributed by atoms with Gasteiger partial charge in [0.05, 0.1) is 19.8 Å². The van der Waals surface area contributed by atoms with Crippen molar-refractivity contribution in [2.75, 3.05) is 39.9 Å². The van der Waals surface area contributed by atoms with E-state index in [-0.39, 0.29) is 24.0 Å². The van der Waals surface area contributed by atoms with Gasteiger partial charge in [-0.1, -0.05) is 25.1 Å². The molecule has 1 saturated heterocycles. The number of aliphatic hydroxyl groups is 1. The number of methoxy groups -OCH3 is 1. The van der Waals surface area contributed by atoms with Crippen LogP contribution < -0.4 is 10.1 Å². The monoisotopic (exact) mass is 490 g/mol. The lowest BCUT2D eigenvalue weighted by molar-refractivity contribution is 0.0367. The van der Waals surface area contributed by atoms with E-state index < -0.39 is 6.04 Å². The average molecular weight is 491 g/mol. The highest BCUT2D eigenvalue weighted by Crippen LogP contribution is 2.49. The number of amides is 3. The summed E-state index contributed by atoms with van der Waals surface area (Å²) < 4.78 is 5.45. The third-order valence-corrected chi connectivity index (χ3v) is 7.74. The molecule has 3 aromatic rings. The molecule has 2 aliphatic rings. The number of likely N-dealkylation sites (tertiary alicyclic amines) is 1. The smallest absolute Gasteiger partial charge is 0.317 e. The van der Waals surface area contributed by atoms with E-state index in [4.69, 9.17) is 4.74 Å². The van der Waals surface area contributed by atoms with Crippen LogP contribution in [0.1, 0.15) is 53.8 Å². The van der Waals surface area contributed by atoms with Gasteiger partial charge in [0.1, 0.15) is 5.75 Å². The molecule has 8 heteroatoms. The Morgan fingerprint density at radius 2 is 1.92 bits per heavy atom. The van der Waals surface area contributed by atoms with Crippen LogP contribution in [0.3, 0.4) is 0 Å². The van der Waals surface area contributed by atoms with Gasteiger partial charge in [0.15, 0.2) is 0 Å². The van der Waals surface area contributed by atoms with Crippen molar-refractivity contribution in [1.29, 1.82) is 0 Å². The summed E-state index contributed by atoms with van der Waals surface area (Å²) in [7, 11) is 1.64. The maximum absolute atomic E-state index is 13.7. The van der Waals surface area contributed by atoms with Crippen LogP contribution in [0, 0.1) is 0 Å². The summed E-state index contributed by atoms with van der Waals surface area (Å²) in [6.07, 6.45) is 2.36. The fourth-order valence-corrected chi connectivity index (χ4v) is 5.86. The second kappa shape index (κ2) is 9.85. The third-order valence-electron chi connectivity index (χ3n) is 7.74. The van der Waals surface area contributed by atoms with Gasteiger partial charge in [0.25, 0.3) is 5.91 Å². The van der Waals surface area contributed by atoms with Crippen molar-refractivity contribution in [3.8, 4) is 5.75 Å². The minimum Gasteiger partial charge on any atom is -0.497 e. The first-order chi connectivity index (χ1) is 17.5. The SMILES string of the molecule is CCCNC(=O)N1CCC2(CC1)CN(C(=O)c1ccccc1)[C@H](CO)c1[nH]c3cc(OC)ccc3c12. The minimum absolute atomic E-state index is 0.0307. The second-order valence-electron chi connectivity index (χ2n) is 9.82. The van der Waals surface area contributed by atoms with Crippen LogP contribution in [0.5, 0.6) is 5.75 Å². The lowest BCUT2D eigenvalue weighted by Crippen LogP contribution is -2.56. The van der Waals surface area contributed by atoms with Crippen molar-refractivity contribution in [3.63, 3.8) is 0 Å². The van der Waals surface area contributed by atoms with Gasteiger partial charge in [0.2, 0.25) is 0 Å². The summed E-state index contributed by atoms with van der Waals surface area (Å²) in [5, 5.41) is 14.6. The number of carbonyl (C=O) groups is 2. The van der Waals surface area contributed by atoms with E-state index in [0.29, 0.717) is 31.7 Å². The number of nitrogens with one attached hydrogen (secondary N) is 2. The molecule has 1 spiro atoms. The molecule has 0 unspecified atom stereocenters. The van der Waals surface area contributed by atoms with Crippen molar-refractivity contribution in [1.82, 2.24) is 20.1 Å². The molecule has 0 bridgehead atoms. The number of ether oxygens (including phenoxy) is 1. The number of hydrogen-bond acceptors (Lipinski definition) is 4. The number of benzene rings is 2. The fraction of sp³-hybridized carbons (Fsp3) is 0.429. The zero-order valence-electron chi connectivity index (χ0n) is 20.9. The van der Waals surface area contributed by atoms with Crippen LogP contribution in [-0.2, 0) is 5.41 Å². The number of aromatic amines is 1. The number of aliphatic hydroxyl groups excluding tert-OH is 1. The number of aromatic nitrogens is 1. The van der Waals surface area contributed by atoms with Gasteiger partial charge >= 0.3 is 6.03 Å². The summed E-state index contributed by atoms with van der Waals surface area (Å²) in [5.41, 5.74) is 3.22. The van der Waals surface area contributed by atoms with E-state index in [9.17, 15) is 14.7 Å². The quantitative estimate of drug-likeness (QED) is 0.507. The van der Waals surface area contributed by atoms with E-state index >= 15 is 0 Å². The van der Waals surface area contributed by atoms with Gasteiger partial charge in [-0.25, -0.2) is 4.79 Å². The summed E-state index contributed by atoms with van der Waals surface area (Å²) in [6.45, 7) is 4.22. The molecule has 8 nitrogen and oxygen atoms in total. The third kappa shape index (κ3) is 4.09. The number of nitrogens with zero attached hydrogens (tertiary/aromatic N) is 2. The second-order valence-corrected chi connectivity index (χ2v) is 9.82. The number of hydrogen-bond donors (Lipinski definition) is 3. The fourth-order valence-electron chi connectivity index (χ4n) is 5.86. The Morgan fingerprint density at radius 1 is 1.17 bits per heavy atom. The molecule has 0 saturated carbocycles. The summed E-state index contributed by atoms with van der Waals surface area (Å²) in [4.78, 5) is 33.6. The summed E-state index contributed by atoms with van der Waals surface area (Å²) in [6, 6.07) is 14.7. The van der Waals surface area contributed by atoms with E-state index in [1.54, 1.807) is 7.11 Å². The maximum Gasteiger partial charge on any atom is 0.317 e. The maximum atomic E-state index is 13.7. The summed E-state index contributed by atoms with van der Waals surface area (Å²) >= 11 is 0. The van der Waals surface area contributed by atoms with Crippen molar-refractivity contribution in [2.24, 2.45) is 0 Å². The molecule has 1 atom stereocenters. The lowest BCUT2D eigenvalue weighted by Gasteiger charge is -2.50. The molecule has 3 N–H and O–H groups in total. The Morgan fingerprint density at radius 3 is 2.58 bits per heavy atom. The minimum atomic E-state index is -0.484. The zero-order valence-corrected chi connectivity index (χ0v) is 20.9. The van der Waals surface area contributed by atoms with Crippen molar-refractivity contribution in [3.05, 3.63) is 65.4 Å². The molecule has 36 heavy (non-hydrogen) atoms. The Kier molecular flexibility index (Phi) is 6.62. The van der Waals surface area contributed by atoms with Crippen LogP contribution in [0.4, 0.5) is 4.79 Å².